The molecule has 0 radical (unpaired) electrons. The number of aryl methyl sites for hydroxylation is 1. The van der Waals surface area contributed by atoms with Gasteiger partial charge in [0.15, 0.2) is 0 Å². The van der Waals surface area contributed by atoms with Gasteiger partial charge < -0.3 is 5.11 Å². The zero-order valence-corrected chi connectivity index (χ0v) is 15.4. The molecule has 0 aromatic heterocycles. The highest BCUT2D eigenvalue weighted by Gasteiger charge is 2.18. The molecule has 1 N–H and O–H groups in total. The predicted octanol–water partition coefficient (Wildman–Crippen LogP) is 6.02. The number of benzene rings is 2. The minimum Gasteiger partial charge on any atom is -0.384 e. The van der Waals surface area contributed by atoms with Crippen molar-refractivity contribution in [2.45, 2.75) is 13.0 Å². The highest BCUT2D eigenvalue weighted by Crippen LogP contribution is 2.37. The van der Waals surface area contributed by atoms with E-state index in [0.717, 1.165) is 24.5 Å². The summed E-state index contributed by atoms with van der Waals surface area (Å²) in [6.45, 7) is 2.00. The summed E-state index contributed by atoms with van der Waals surface area (Å²) in [5.74, 6) is 0. The lowest BCUT2D eigenvalue weighted by molar-refractivity contribution is 0.219. The molecule has 0 amide bonds. The van der Waals surface area contributed by atoms with Crippen molar-refractivity contribution in [1.82, 2.24) is 0 Å². The monoisotopic (exact) mass is 466 g/mol. The Balaban J connectivity index is 2.53. The second kappa shape index (κ2) is 6.27. The zero-order chi connectivity index (χ0) is 14.2. The normalized spacial score (nSPS) is 12.5. The molecule has 19 heavy (non-hydrogen) atoms. The van der Waals surface area contributed by atoms with E-state index in [4.69, 9.17) is 11.6 Å². The Morgan fingerprint density at radius 3 is 2.37 bits per heavy atom. The van der Waals surface area contributed by atoms with Crippen LogP contribution in [0.5, 0.6) is 0 Å². The average molecular weight is 469 g/mol. The summed E-state index contributed by atoms with van der Waals surface area (Å²) in [6, 6.07) is 9.39. The summed E-state index contributed by atoms with van der Waals surface area (Å²) in [6.07, 6.45) is -0.781. The molecule has 5 heteroatoms. The molecular weight excluding hydrogens is 459 g/mol. The Morgan fingerprint density at radius 1 is 1.00 bits per heavy atom. The second-order valence-electron chi connectivity index (χ2n) is 4.17. The maximum Gasteiger partial charge on any atom is 0.107 e. The number of rotatable bonds is 2. The first-order valence-corrected chi connectivity index (χ1v) is 8.25. The number of hydrogen-bond donors (Lipinski definition) is 1. The van der Waals surface area contributed by atoms with Crippen LogP contribution in [-0.4, -0.2) is 5.11 Å². The summed E-state index contributed by atoms with van der Waals surface area (Å²) >= 11 is 16.6. The van der Waals surface area contributed by atoms with Gasteiger partial charge in [0.1, 0.15) is 6.10 Å². The van der Waals surface area contributed by atoms with Crippen LogP contribution in [0.15, 0.2) is 43.7 Å². The van der Waals surface area contributed by atoms with Gasteiger partial charge in [0.05, 0.1) is 5.02 Å². The van der Waals surface area contributed by atoms with Gasteiger partial charge in [-0.1, -0.05) is 55.6 Å². The van der Waals surface area contributed by atoms with E-state index < -0.39 is 6.10 Å². The molecule has 100 valence electrons. The van der Waals surface area contributed by atoms with Crippen LogP contribution >= 0.6 is 59.4 Å². The quantitative estimate of drug-likeness (QED) is 0.571. The van der Waals surface area contributed by atoms with Crippen LogP contribution in [0.1, 0.15) is 22.8 Å². The molecular formula is C14H10Br3ClO. The van der Waals surface area contributed by atoms with Crippen molar-refractivity contribution < 1.29 is 5.11 Å². The van der Waals surface area contributed by atoms with Crippen molar-refractivity contribution in [3.63, 3.8) is 0 Å². The van der Waals surface area contributed by atoms with E-state index >= 15 is 0 Å². The molecule has 0 aliphatic heterocycles. The van der Waals surface area contributed by atoms with Crippen molar-refractivity contribution in [1.29, 1.82) is 0 Å². The standard InChI is InChI=1S/C14H10Br3ClO/c1-7-5-12(17)9(6-11(7)16)14(19)8-3-2-4-10(15)13(8)18/h2-6,14,19H,1H3. The summed E-state index contributed by atoms with van der Waals surface area (Å²) in [5.41, 5.74) is 2.55. The number of halogens is 4. The Hall–Kier alpha value is 0.130. The van der Waals surface area contributed by atoms with E-state index in [9.17, 15) is 5.11 Å². The molecule has 0 fully saturated rings. The lowest BCUT2D eigenvalue weighted by atomic mass is 10.0. The third-order valence-electron chi connectivity index (χ3n) is 2.85. The zero-order valence-electron chi connectivity index (χ0n) is 9.92. The lowest BCUT2D eigenvalue weighted by Gasteiger charge is -2.16. The van der Waals surface area contributed by atoms with E-state index in [1.165, 1.54) is 0 Å². The molecule has 2 aromatic rings. The molecule has 2 rings (SSSR count). The predicted molar refractivity (Wildman–Crippen MR) is 89.8 cm³/mol. The van der Waals surface area contributed by atoms with Crippen molar-refractivity contribution in [2.24, 2.45) is 0 Å². The highest BCUT2D eigenvalue weighted by atomic mass is 79.9. The van der Waals surface area contributed by atoms with Crippen LogP contribution in [-0.2, 0) is 0 Å². The molecule has 0 heterocycles. The first-order valence-electron chi connectivity index (χ1n) is 5.49. The third kappa shape index (κ3) is 3.24. The number of aliphatic hydroxyl groups is 1. The van der Waals surface area contributed by atoms with E-state index in [1.54, 1.807) is 0 Å². The van der Waals surface area contributed by atoms with Gasteiger partial charge in [0, 0.05) is 24.5 Å². The fourth-order valence-corrected chi connectivity index (χ4v) is 3.42. The second-order valence-corrected chi connectivity index (χ2v) is 7.11. The molecule has 2 aromatic carbocycles. The summed E-state index contributed by atoms with van der Waals surface area (Å²) < 4.78 is 2.58. The summed E-state index contributed by atoms with van der Waals surface area (Å²) in [5, 5.41) is 11.1. The Morgan fingerprint density at radius 2 is 1.68 bits per heavy atom. The molecule has 0 aliphatic rings. The van der Waals surface area contributed by atoms with E-state index in [0.29, 0.717) is 10.6 Å². The van der Waals surface area contributed by atoms with Gasteiger partial charge in [-0.15, -0.1) is 0 Å². The van der Waals surface area contributed by atoms with Crippen LogP contribution in [0.4, 0.5) is 0 Å². The van der Waals surface area contributed by atoms with Crippen molar-refractivity contribution in [3.8, 4) is 0 Å². The van der Waals surface area contributed by atoms with Crippen LogP contribution in [0.25, 0.3) is 0 Å². The Kier molecular flexibility index (Phi) is 5.12. The fourth-order valence-electron chi connectivity index (χ4n) is 1.77. The van der Waals surface area contributed by atoms with Gasteiger partial charge in [-0.2, -0.15) is 0 Å². The molecule has 0 aliphatic carbocycles. The SMILES string of the molecule is Cc1cc(Br)c(C(O)c2cccc(Br)c2Cl)cc1Br. The molecule has 1 unspecified atom stereocenters. The summed E-state index contributed by atoms with van der Waals surface area (Å²) in [4.78, 5) is 0. The largest absolute Gasteiger partial charge is 0.384 e. The maximum atomic E-state index is 10.5. The smallest absolute Gasteiger partial charge is 0.107 e. The van der Waals surface area contributed by atoms with E-state index in [-0.39, 0.29) is 0 Å². The molecule has 1 nitrogen and oxygen atoms in total. The first-order chi connectivity index (χ1) is 8.91. The van der Waals surface area contributed by atoms with Crippen LogP contribution < -0.4 is 0 Å². The third-order valence-corrected chi connectivity index (χ3v) is 5.70. The van der Waals surface area contributed by atoms with Crippen molar-refractivity contribution in [3.05, 3.63) is 65.5 Å². The molecule has 0 saturated carbocycles. The molecule has 0 bridgehead atoms. The first kappa shape index (κ1) is 15.5. The van der Waals surface area contributed by atoms with Crippen LogP contribution in [0.2, 0.25) is 5.02 Å². The average Bonchev–Trinajstić information content (AvgIpc) is 2.36. The Bertz CT molecular complexity index is 628. The van der Waals surface area contributed by atoms with Gasteiger partial charge in [0.2, 0.25) is 0 Å². The lowest BCUT2D eigenvalue weighted by Crippen LogP contribution is -2.02. The van der Waals surface area contributed by atoms with Crippen LogP contribution in [0.3, 0.4) is 0 Å². The van der Waals surface area contributed by atoms with Crippen molar-refractivity contribution in [2.75, 3.05) is 0 Å². The molecule has 1 atom stereocenters. The van der Waals surface area contributed by atoms with E-state index in [1.807, 2.05) is 37.3 Å². The van der Waals surface area contributed by atoms with Crippen LogP contribution in [0, 0.1) is 6.92 Å². The van der Waals surface area contributed by atoms with Gasteiger partial charge in [-0.25, -0.2) is 0 Å². The number of hydrogen-bond acceptors (Lipinski definition) is 1. The van der Waals surface area contributed by atoms with Gasteiger partial charge in [-0.3, -0.25) is 0 Å². The minimum absolute atomic E-state index is 0.526. The minimum atomic E-state index is -0.781. The van der Waals surface area contributed by atoms with Crippen molar-refractivity contribution >= 4 is 59.4 Å². The highest BCUT2D eigenvalue weighted by molar-refractivity contribution is 9.11. The van der Waals surface area contributed by atoms with Gasteiger partial charge >= 0.3 is 0 Å². The summed E-state index contributed by atoms with van der Waals surface area (Å²) in [7, 11) is 0. The fraction of sp³-hybridized carbons (Fsp3) is 0.143. The van der Waals surface area contributed by atoms with E-state index in [2.05, 4.69) is 47.8 Å². The maximum absolute atomic E-state index is 10.5. The number of aliphatic hydroxyl groups excluding tert-OH is 1. The van der Waals surface area contributed by atoms with Gasteiger partial charge in [0.25, 0.3) is 0 Å². The van der Waals surface area contributed by atoms with Gasteiger partial charge in [-0.05, 0) is 46.6 Å². The molecule has 0 saturated heterocycles. The topological polar surface area (TPSA) is 20.2 Å². The molecule has 0 spiro atoms. The Labute approximate surface area is 142 Å².